The summed E-state index contributed by atoms with van der Waals surface area (Å²) in [7, 11) is 0. The number of likely N-dealkylation sites (tertiary alicyclic amines) is 1. The monoisotopic (exact) mass is 404 g/mol. The SMILES string of the molecule is NCCOCCOc1cccc(CN2CCCCC2I)c1. The molecule has 1 aliphatic rings. The van der Waals surface area contributed by atoms with Crippen molar-refractivity contribution in [3.8, 4) is 5.75 Å². The van der Waals surface area contributed by atoms with E-state index < -0.39 is 0 Å². The molecule has 0 amide bonds. The number of piperidine rings is 1. The number of ether oxygens (including phenoxy) is 2. The van der Waals surface area contributed by atoms with Gasteiger partial charge >= 0.3 is 0 Å². The summed E-state index contributed by atoms with van der Waals surface area (Å²) in [6.07, 6.45) is 3.97. The molecule has 1 atom stereocenters. The number of hydrogen-bond acceptors (Lipinski definition) is 4. The molecular formula is C16H25IN2O2. The van der Waals surface area contributed by atoms with Crippen molar-refractivity contribution in [1.82, 2.24) is 4.90 Å². The summed E-state index contributed by atoms with van der Waals surface area (Å²) in [5, 5.41) is 0. The Bertz CT molecular complexity index is 417. The lowest BCUT2D eigenvalue weighted by atomic mass is 10.1. The van der Waals surface area contributed by atoms with Gasteiger partial charge in [0.25, 0.3) is 0 Å². The summed E-state index contributed by atoms with van der Waals surface area (Å²) in [5.74, 6) is 0.922. The van der Waals surface area contributed by atoms with Gasteiger partial charge in [0, 0.05) is 13.1 Å². The third-order valence-electron chi connectivity index (χ3n) is 3.58. The molecule has 1 saturated heterocycles. The van der Waals surface area contributed by atoms with Crippen molar-refractivity contribution in [2.45, 2.75) is 29.9 Å². The Hall–Kier alpha value is -0.370. The van der Waals surface area contributed by atoms with Gasteiger partial charge in [0.1, 0.15) is 12.4 Å². The van der Waals surface area contributed by atoms with Crippen LogP contribution in [0.2, 0.25) is 0 Å². The lowest BCUT2D eigenvalue weighted by Gasteiger charge is -2.32. The van der Waals surface area contributed by atoms with Gasteiger partial charge in [-0.25, -0.2) is 0 Å². The Morgan fingerprint density at radius 3 is 2.95 bits per heavy atom. The quantitative estimate of drug-likeness (QED) is 0.313. The first-order chi connectivity index (χ1) is 10.3. The first-order valence-electron chi connectivity index (χ1n) is 7.67. The van der Waals surface area contributed by atoms with Crippen LogP contribution in [-0.4, -0.2) is 41.9 Å². The fourth-order valence-corrected chi connectivity index (χ4v) is 3.42. The second-order valence-electron chi connectivity index (χ2n) is 5.30. The van der Waals surface area contributed by atoms with Crippen molar-refractivity contribution in [2.75, 3.05) is 32.9 Å². The molecule has 118 valence electrons. The first-order valence-corrected chi connectivity index (χ1v) is 8.92. The van der Waals surface area contributed by atoms with Crippen LogP contribution in [0.1, 0.15) is 24.8 Å². The van der Waals surface area contributed by atoms with E-state index in [1.165, 1.54) is 31.4 Å². The van der Waals surface area contributed by atoms with Crippen LogP contribution < -0.4 is 10.5 Å². The molecule has 2 rings (SSSR count). The highest BCUT2D eigenvalue weighted by Crippen LogP contribution is 2.25. The van der Waals surface area contributed by atoms with Crippen LogP contribution in [0, 0.1) is 0 Å². The van der Waals surface area contributed by atoms with E-state index in [9.17, 15) is 0 Å². The number of nitrogens with zero attached hydrogens (tertiary/aromatic N) is 1. The molecule has 5 heteroatoms. The van der Waals surface area contributed by atoms with Gasteiger partial charge in [-0.3, -0.25) is 4.90 Å². The molecule has 0 spiro atoms. The van der Waals surface area contributed by atoms with Gasteiger partial charge in [0.15, 0.2) is 0 Å². The summed E-state index contributed by atoms with van der Waals surface area (Å²) in [6, 6.07) is 8.39. The Morgan fingerprint density at radius 2 is 2.14 bits per heavy atom. The van der Waals surface area contributed by atoms with Gasteiger partial charge in [-0.2, -0.15) is 0 Å². The van der Waals surface area contributed by atoms with E-state index in [1.54, 1.807) is 0 Å². The molecule has 0 bridgehead atoms. The zero-order chi connectivity index (χ0) is 14.9. The Labute approximate surface area is 141 Å². The molecule has 0 aliphatic carbocycles. The number of alkyl halides is 1. The van der Waals surface area contributed by atoms with E-state index in [2.05, 4.69) is 45.7 Å². The predicted octanol–water partition coefficient (Wildman–Crippen LogP) is 2.79. The summed E-state index contributed by atoms with van der Waals surface area (Å²) in [6.45, 7) is 4.52. The lowest BCUT2D eigenvalue weighted by molar-refractivity contribution is 0.106. The molecule has 1 unspecified atom stereocenters. The van der Waals surface area contributed by atoms with Crippen molar-refractivity contribution < 1.29 is 9.47 Å². The number of benzene rings is 1. The molecule has 1 aliphatic heterocycles. The molecule has 0 aromatic heterocycles. The van der Waals surface area contributed by atoms with E-state index in [0.717, 1.165) is 12.3 Å². The molecule has 1 aromatic carbocycles. The maximum absolute atomic E-state index is 5.72. The minimum atomic E-state index is 0.558. The van der Waals surface area contributed by atoms with Crippen LogP contribution >= 0.6 is 22.6 Å². The Morgan fingerprint density at radius 1 is 1.24 bits per heavy atom. The molecule has 2 N–H and O–H groups in total. The van der Waals surface area contributed by atoms with E-state index in [-0.39, 0.29) is 0 Å². The standard InChI is InChI=1S/C16H25IN2O2/c17-16-6-1-2-8-19(16)13-14-4-3-5-15(12-14)21-11-10-20-9-7-18/h3-5,12,16H,1-2,6-11,13,18H2. The van der Waals surface area contributed by atoms with E-state index in [1.807, 2.05) is 6.07 Å². The Balaban J connectivity index is 1.79. The van der Waals surface area contributed by atoms with Gasteiger partial charge in [0.2, 0.25) is 0 Å². The number of hydrogen-bond donors (Lipinski definition) is 1. The van der Waals surface area contributed by atoms with Crippen LogP contribution in [0.5, 0.6) is 5.75 Å². The Kier molecular flexibility index (Phi) is 7.77. The molecule has 1 heterocycles. The normalized spacial score (nSPS) is 19.6. The summed E-state index contributed by atoms with van der Waals surface area (Å²) < 4.78 is 11.7. The van der Waals surface area contributed by atoms with Crippen LogP contribution in [0.25, 0.3) is 0 Å². The minimum absolute atomic E-state index is 0.558. The van der Waals surface area contributed by atoms with Gasteiger partial charge < -0.3 is 15.2 Å². The second kappa shape index (κ2) is 9.61. The van der Waals surface area contributed by atoms with Gasteiger partial charge in [-0.05, 0) is 43.5 Å². The predicted molar refractivity (Wildman–Crippen MR) is 93.9 cm³/mol. The van der Waals surface area contributed by atoms with E-state index in [0.29, 0.717) is 30.4 Å². The van der Waals surface area contributed by atoms with Crippen LogP contribution in [0.3, 0.4) is 0 Å². The van der Waals surface area contributed by atoms with Crippen molar-refractivity contribution in [2.24, 2.45) is 5.73 Å². The van der Waals surface area contributed by atoms with Crippen LogP contribution in [0.15, 0.2) is 24.3 Å². The molecule has 21 heavy (non-hydrogen) atoms. The fraction of sp³-hybridized carbons (Fsp3) is 0.625. The number of rotatable bonds is 8. The zero-order valence-electron chi connectivity index (χ0n) is 12.5. The third kappa shape index (κ3) is 6.10. The number of halogens is 1. The minimum Gasteiger partial charge on any atom is -0.491 e. The average Bonchev–Trinajstić information content (AvgIpc) is 2.50. The van der Waals surface area contributed by atoms with E-state index in [4.69, 9.17) is 15.2 Å². The largest absolute Gasteiger partial charge is 0.491 e. The third-order valence-corrected chi connectivity index (χ3v) is 4.99. The summed E-state index contributed by atoms with van der Waals surface area (Å²) in [5.41, 5.74) is 6.69. The zero-order valence-corrected chi connectivity index (χ0v) is 14.6. The second-order valence-corrected chi connectivity index (χ2v) is 6.74. The fourth-order valence-electron chi connectivity index (χ4n) is 2.50. The van der Waals surface area contributed by atoms with Gasteiger partial charge in [-0.1, -0.05) is 34.7 Å². The van der Waals surface area contributed by atoms with Crippen molar-refractivity contribution in [1.29, 1.82) is 0 Å². The average molecular weight is 404 g/mol. The molecule has 1 aromatic rings. The van der Waals surface area contributed by atoms with Crippen molar-refractivity contribution >= 4 is 22.6 Å². The highest BCUT2D eigenvalue weighted by atomic mass is 127. The summed E-state index contributed by atoms with van der Waals surface area (Å²) in [4.78, 5) is 2.55. The maximum atomic E-state index is 5.72. The van der Waals surface area contributed by atoms with Gasteiger partial charge in [-0.15, -0.1) is 0 Å². The molecular weight excluding hydrogens is 379 g/mol. The van der Waals surface area contributed by atoms with Crippen LogP contribution in [0.4, 0.5) is 0 Å². The summed E-state index contributed by atoms with van der Waals surface area (Å²) >= 11 is 2.56. The highest BCUT2D eigenvalue weighted by Gasteiger charge is 2.19. The highest BCUT2D eigenvalue weighted by molar-refractivity contribution is 14.1. The molecule has 0 radical (unpaired) electrons. The maximum Gasteiger partial charge on any atom is 0.119 e. The van der Waals surface area contributed by atoms with Crippen LogP contribution in [-0.2, 0) is 11.3 Å². The lowest BCUT2D eigenvalue weighted by Crippen LogP contribution is -2.34. The molecule has 1 fully saturated rings. The smallest absolute Gasteiger partial charge is 0.119 e. The van der Waals surface area contributed by atoms with Crippen molar-refractivity contribution in [3.63, 3.8) is 0 Å². The van der Waals surface area contributed by atoms with Gasteiger partial charge in [0.05, 0.1) is 17.3 Å². The van der Waals surface area contributed by atoms with E-state index >= 15 is 0 Å². The first kappa shape index (κ1) is 17.0. The van der Waals surface area contributed by atoms with Crippen molar-refractivity contribution in [3.05, 3.63) is 29.8 Å². The molecule has 4 nitrogen and oxygen atoms in total. The number of nitrogens with two attached hydrogens (primary N) is 1. The topological polar surface area (TPSA) is 47.7 Å². The molecule has 0 saturated carbocycles.